The van der Waals surface area contributed by atoms with Crippen LogP contribution in [0.2, 0.25) is 0 Å². The third-order valence-corrected chi connectivity index (χ3v) is 2.23. The molecule has 0 aliphatic carbocycles. The van der Waals surface area contributed by atoms with Gasteiger partial charge in [-0.1, -0.05) is 0 Å². The highest BCUT2D eigenvalue weighted by atomic mass is 16.4. The molecule has 0 saturated carbocycles. The Kier molecular flexibility index (Phi) is 2.47. The van der Waals surface area contributed by atoms with Crippen molar-refractivity contribution < 1.29 is 19.5 Å². The molecule has 72 valence electrons. The SMILES string of the molecule is CC(=O)C(=O)[C@]1(C(=O)O)CCCN1. The molecule has 0 radical (unpaired) electrons. The summed E-state index contributed by atoms with van der Waals surface area (Å²) in [5.41, 5.74) is -1.65. The zero-order valence-corrected chi connectivity index (χ0v) is 7.29. The molecule has 5 nitrogen and oxygen atoms in total. The number of carboxylic acid groups (broad SMARTS) is 1. The number of aliphatic carboxylic acids is 1. The molecule has 1 aliphatic rings. The molecule has 1 fully saturated rings. The molecule has 2 N–H and O–H groups in total. The van der Waals surface area contributed by atoms with E-state index in [0.717, 1.165) is 6.92 Å². The number of hydrogen-bond donors (Lipinski definition) is 2. The molecule has 0 spiro atoms. The number of hydrogen-bond acceptors (Lipinski definition) is 4. The Morgan fingerprint density at radius 1 is 1.38 bits per heavy atom. The number of Topliss-reactive ketones (excluding diaryl/α,β-unsaturated/α-hetero) is 2. The van der Waals surface area contributed by atoms with Gasteiger partial charge in [0.1, 0.15) is 0 Å². The molecular formula is C8H11NO4. The average molecular weight is 185 g/mol. The third kappa shape index (κ3) is 1.47. The zero-order valence-electron chi connectivity index (χ0n) is 7.29. The lowest BCUT2D eigenvalue weighted by Crippen LogP contribution is -2.56. The Hall–Kier alpha value is -1.23. The number of carbonyl (C=O) groups is 3. The van der Waals surface area contributed by atoms with Crippen molar-refractivity contribution >= 4 is 17.5 Å². The maximum absolute atomic E-state index is 11.3. The van der Waals surface area contributed by atoms with Gasteiger partial charge in [-0.2, -0.15) is 0 Å². The van der Waals surface area contributed by atoms with Crippen LogP contribution in [0.25, 0.3) is 0 Å². The van der Waals surface area contributed by atoms with Crippen LogP contribution in [0.1, 0.15) is 19.8 Å². The van der Waals surface area contributed by atoms with E-state index in [1.807, 2.05) is 0 Å². The van der Waals surface area contributed by atoms with E-state index >= 15 is 0 Å². The summed E-state index contributed by atoms with van der Waals surface area (Å²) >= 11 is 0. The largest absolute Gasteiger partial charge is 0.480 e. The summed E-state index contributed by atoms with van der Waals surface area (Å²) in [7, 11) is 0. The second kappa shape index (κ2) is 3.26. The van der Waals surface area contributed by atoms with E-state index in [4.69, 9.17) is 5.11 Å². The van der Waals surface area contributed by atoms with Crippen LogP contribution in [0.5, 0.6) is 0 Å². The van der Waals surface area contributed by atoms with E-state index in [2.05, 4.69) is 5.32 Å². The first-order valence-electron chi connectivity index (χ1n) is 4.04. The number of rotatable bonds is 3. The molecule has 1 aliphatic heterocycles. The van der Waals surface area contributed by atoms with Crippen molar-refractivity contribution in [3.63, 3.8) is 0 Å². The maximum Gasteiger partial charge on any atom is 0.332 e. The lowest BCUT2D eigenvalue weighted by Gasteiger charge is -2.20. The van der Waals surface area contributed by atoms with Crippen LogP contribution in [-0.2, 0) is 14.4 Å². The van der Waals surface area contributed by atoms with E-state index in [0.29, 0.717) is 13.0 Å². The molecule has 5 heteroatoms. The van der Waals surface area contributed by atoms with Crippen molar-refractivity contribution in [2.75, 3.05) is 6.54 Å². The van der Waals surface area contributed by atoms with Crippen molar-refractivity contribution in [1.29, 1.82) is 0 Å². The minimum absolute atomic E-state index is 0.195. The van der Waals surface area contributed by atoms with E-state index in [1.165, 1.54) is 0 Å². The van der Waals surface area contributed by atoms with Crippen LogP contribution >= 0.6 is 0 Å². The highest BCUT2D eigenvalue weighted by Crippen LogP contribution is 2.21. The molecule has 1 atom stereocenters. The van der Waals surface area contributed by atoms with Crippen LogP contribution < -0.4 is 5.32 Å². The van der Waals surface area contributed by atoms with Gasteiger partial charge in [-0.05, 0) is 19.4 Å². The normalized spacial score (nSPS) is 27.2. The Morgan fingerprint density at radius 3 is 2.31 bits per heavy atom. The molecule has 0 aromatic rings. The maximum atomic E-state index is 11.3. The van der Waals surface area contributed by atoms with E-state index < -0.39 is 23.1 Å². The Bertz CT molecular complexity index is 265. The van der Waals surface area contributed by atoms with Gasteiger partial charge in [0.2, 0.25) is 5.78 Å². The van der Waals surface area contributed by atoms with Crippen molar-refractivity contribution in [2.45, 2.75) is 25.3 Å². The summed E-state index contributed by atoms with van der Waals surface area (Å²) in [4.78, 5) is 32.9. The first kappa shape index (κ1) is 9.85. The van der Waals surface area contributed by atoms with Crippen LogP contribution in [0.4, 0.5) is 0 Å². The van der Waals surface area contributed by atoms with E-state index in [1.54, 1.807) is 0 Å². The summed E-state index contributed by atoms with van der Waals surface area (Å²) in [6, 6.07) is 0. The van der Waals surface area contributed by atoms with Crippen molar-refractivity contribution in [3.05, 3.63) is 0 Å². The fourth-order valence-electron chi connectivity index (χ4n) is 1.52. The topological polar surface area (TPSA) is 83.5 Å². The number of ketones is 2. The zero-order chi connectivity index (χ0) is 10.1. The summed E-state index contributed by atoms with van der Waals surface area (Å²) in [5, 5.41) is 11.4. The predicted octanol–water partition coefficient (Wildman–Crippen LogP) is -0.649. The average Bonchev–Trinajstić information content (AvgIpc) is 2.51. The quantitative estimate of drug-likeness (QED) is 0.451. The number of nitrogens with one attached hydrogen (secondary N) is 1. The molecule has 0 bridgehead atoms. The Balaban J connectivity index is 2.98. The molecule has 0 amide bonds. The fraction of sp³-hybridized carbons (Fsp3) is 0.625. The predicted molar refractivity (Wildman–Crippen MR) is 43.3 cm³/mol. The van der Waals surface area contributed by atoms with Crippen molar-refractivity contribution in [3.8, 4) is 0 Å². The van der Waals surface area contributed by atoms with Crippen LogP contribution in [-0.4, -0.2) is 34.7 Å². The Morgan fingerprint density at radius 2 is 2.00 bits per heavy atom. The number of carbonyl (C=O) groups excluding carboxylic acids is 2. The van der Waals surface area contributed by atoms with E-state index in [-0.39, 0.29) is 6.42 Å². The highest BCUT2D eigenvalue weighted by Gasteiger charge is 2.49. The highest BCUT2D eigenvalue weighted by molar-refractivity contribution is 6.44. The minimum Gasteiger partial charge on any atom is -0.480 e. The smallest absolute Gasteiger partial charge is 0.332 e. The van der Waals surface area contributed by atoms with Gasteiger partial charge in [-0.25, -0.2) is 4.79 Å². The second-order valence-electron chi connectivity index (χ2n) is 3.13. The molecular weight excluding hydrogens is 174 g/mol. The molecule has 1 rings (SSSR count). The second-order valence-corrected chi connectivity index (χ2v) is 3.13. The van der Waals surface area contributed by atoms with Gasteiger partial charge in [-0.3, -0.25) is 14.9 Å². The van der Waals surface area contributed by atoms with Crippen molar-refractivity contribution in [2.24, 2.45) is 0 Å². The number of carboxylic acids is 1. The van der Waals surface area contributed by atoms with E-state index in [9.17, 15) is 14.4 Å². The Labute approximate surface area is 75.1 Å². The van der Waals surface area contributed by atoms with Gasteiger partial charge in [-0.15, -0.1) is 0 Å². The van der Waals surface area contributed by atoms with Gasteiger partial charge in [0, 0.05) is 6.92 Å². The van der Waals surface area contributed by atoms with Gasteiger partial charge >= 0.3 is 5.97 Å². The standard InChI is InChI=1S/C8H11NO4/c1-5(10)6(11)8(7(12)13)3-2-4-9-8/h9H,2-4H2,1H3,(H,12,13)/t8-/m0/s1. The van der Waals surface area contributed by atoms with Gasteiger partial charge in [0.15, 0.2) is 11.3 Å². The molecule has 1 saturated heterocycles. The molecule has 0 unspecified atom stereocenters. The van der Waals surface area contributed by atoms with Gasteiger partial charge in [0.05, 0.1) is 0 Å². The summed E-state index contributed by atoms with van der Waals surface area (Å²) in [6.07, 6.45) is 0.798. The molecule has 0 aromatic carbocycles. The summed E-state index contributed by atoms with van der Waals surface area (Å²) in [6.45, 7) is 1.55. The first-order chi connectivity index (χ1) is 6.00. The third-order valence-electron chi connectivity index (χ3n) is 2.23. The minimum atomic E-state index is -1.65. The lowest BCUT2D eigenvalue weighted by atomic mass is 9.90. The molecule has 13 heavy (non-hydrogen) atoms. The lowest BCUT2D eigenvalue weighted by molar-refractivity contribution is -0.152. The van der Waals surface area contributed by atoms with Crippen LogP contribution in [0.3, 0.4) is 0 Å². The van der Waals surface area contributed by atoms with Gasteiger partial charge in [0.25, 0.3) is 0 Å². The monoisotopic (exact) mass is 185 g/mol. The van der Waals surface area contributed by atoms with Crippen LogP contribution in [0.15, 0.2) is 0 Å². The molecule has 0 aromatic heterocycles. The van der Waals surface area contributed by atoms with Crippen molar-refractivity contribution in [1.82, 2.24) is 5.32 Å². The summed E-state index contributed by atoms with van der Waals surface area (Å²) < 4.78 is 0. The first-order valence-corrected chi connectivity index (χ1v) is 4.04. The summed E-state index contributed by atoms with van der Waals surface area (Å²) in [5.74, 6) is -2.82. The fourth-order valence-corrected chi connectivity index (χ4v) is 1.52. The van der Waals surface area contributed by atoms with Crippen LogP contribution in [0, 0.1) is 0 Å². The van der Waals surface area contributed by atoms with Gasteiger partial charge < -0.3 is 5.11 Å². The molecule has 1 heterocycles.